The first-order valence-electron chi connectivity index (χ1n) is 7.69. The van der Waals surface area contributed by atoms with Crippen LogP contribution in [0, 0.1) is 0 Å². The SMILES string of the molecule is CC[C@@H]1[C@H](CC)N([C@@H](C)c2ccccc2)C(=O)N1C(C)=O. The van der Waals surface area contributed by atoms with Crippen LogP contribution in [0.5, 0.6) is 0 Å². The van der Waals surface area contributed by atoms with Crippen LogP contribution in [0.25, 0.3) is 0 Å². The average molecular weight is 288 g/mol. The lowest BCUT2D eigenvalue weighted by Gasteiger charge is -2.30. The van der Waals surface area contributed by atoms with Gasteiger partial charge in [0.25, 0.3) is 0 Å². The zero-order valence-electron chi connectivity index (χ0n) is 13.2. The summed E-state index contributed by atoms with van der Waals surface area (Å²) in [6, 6.07) is 9.87. The number of urea groups is 1. The van der Waals surface area contributed by atoms with Gasteiger partial charge in [-0.2, -0.15) is 0 Å². The van der Waals surface area contributed by atoms with Crippen molar-refractivity contribution in [3.8, 4) is 0 Å². The van der Waals surface area contributed by atoms with Crippen molar-refractivity contribution in [2.24, 2.45) is 0 Å². The highest BCUT2D eigenvalue weighted by atomic mass is 16.2. The van der Waals surface area contributed by atoms with Gasteiger partial charge in [-0.3, -0.25) is 9.69 Å². The molecule has 0 aromatic heterocycles. The fourth-order valence-corrected chi connectivity index (χ4v) is 3.40. The second kappa shape index (κ2) is 6.29. The van der Waals surface area contributed by atoms with Crippen LogP contribution in [-0.2, 0) is 4.79 Å². The Morgan fingerprint density at radius 1 is 1.14 bits per heavy atom. The molecule has 0 aliphatic carbocycles. The largest absolute Gasteiger partial charge is 0.327 e. The third-order valence-corrected chi connectivity index (χ3v) is 4.44. The summed E-state index contributed by atoms with van der Waals surface area (Å²) >= 11 is 0. The molecule has 1 aromatic rings. The molecule has 0 N–H and O–H groups in total. The molecule has 4 nitrogen and oxygen atoms in total. The summed E-state index contributed by atoms with van der Waals surface area (Å²) in [5.41, 5.74) is 1.10. The second-order valence-corrected chi connectivity index (χ2v) is 5.62. The number of imide groups is 1. The van der Waals surface area contributed by atoms with Crippen LogP contribution in [0.15, 0.2) is 30.3 Å². The molecule has 0 radical (unpaired) electrons. The number of hydrogen-bond donors (Lipinski definition) is 0. The molecule has 0 bridgehead atoms. The Bertz CT molecular complexity index is 515. The summed E-state index contributed by atoms with van der Waals surface area (Å²) in [5, 5.41) is 0. The Balaban J connectivity index is 2.37. The van der Waals surface area contributed by atoms with Crippen LogP contribution >= 0.6 is 0 Å². The minimum Gasteiger partial charge on any atom is -0.312 e. The third kappa shape index (κ3) is 2.67. The molecule has 2 rings (SSSR count). The molecule has 1 fully saturated rings. The summed E-state index contributed by atoms with van der Waals surface area (Å²) in [5.74, 6) is -0.159. The minimum atomic E-state index is -0.159. The standard InChI is InChI=1S/C17H24N2O2/c1-5-15-16(6-2)19(13(4)20)17(21)18(15)12(3)14-10-8-7-9-11-14/h7-12,15-16H,5-6H2,1-4H3/t12-,15-,16+/m0/s1. The fourth-order valence-electron chi connectivity index (χ4n) is 3.40. The molecule has 1 saturated heterocycles. The number of amides is 3. The Hall–Kier alpha value is -1.84. The maximum Gasteiger partial charge on any atom is 0.327 e. The number of hydrogen-bond acceptors (Lipinski definition) is 2. The molecule has 21 heavy (non-hydrogen) atoms. The summed E-state index contributed by atoms with van der Waals surface area (Å²) in [6.45, 7) is 7.62. The molecular weight excluding hydrogens is 264 g/mol. The second-order valence-electron chi connectivity index (χ2n) is 5.62. The number of benzene rings is 1. The van der Waals surface area contributed by atoms with E-state index < -0.39 is 0 Å². The highest BCUT2D eigenvalue weighted by Crippen LogP contribution is 2.34. The van der Waals surface area contributed by atoms with Crippen molar-refractivity contribution >= 4 is 11.9 Å². The van der Waals surface area contributed by atoms with Gasteiger partial charge in [0.1, 0.15) is 0 Å². The Kier molecular flexibility index (Phi) is 4.66. The smallest absolute Gasteiger partial charge is 0.312 e. The molecule has 0 saturated carbocycles. The number of carbonyl (C=O) groups is 2. The van der Waals surface area contributed by atoms with Gasteiger partial charge in [-0.15, -0.1) is 0 Å². The Morgan fingerprint density at radius 3 is 2.19 bits per heavy atom. The van der Waals surface area contributed by atoms with Gasteiger partial charge < -0.3 is 4.90 Å². The molecule has 0 spiro atoms. The molecule has 4 heteroatoms. The summed E-state index contributed by atoms with van der Waals surface area (Å²) < 4.78 is 0. The van der Waals surface area contributed by atoms with E-state index in [1.54, 1.807) is 0 Å². The van der Waals surface area contributed by atoms with Crippen molar-refractivity contribution in [2.75, 3.05) is 0 Å². The van der Waals surface area contributed by atoms with E-state index in [1.165, 1.54) is 11.8 Å². The van der Waals surface area contributed by atoms with E-state index in [0.717, 1.165) is 18.4 Å². The molecule has 3 amide bonds. The summed E-state index contributed by atoms with van der Waals surface area (Å²) in [6.07, 6.45) is 1.65. The molecule has 1 heterocycles. The Morgan fingerprint density at radius 2 is 1.71 bits per heavy atom. The molecular formula is C17H24N2O2. The van der Waals surface area contributed by atoms with Crippen molar-refractivity contribution in [2.45, 2.75) is 58.7 Å². The van der Waals surface area contributed by atoms with Crippen LogP contribution in [0.2, 0.25) is 0 Å². The van der Waals surface area contributed by atoms with E-state index in [2.05, 4.69) is 6.92 Å². The van der Waals surface area contributed by atoms with Gasteiger partial charge in [0, 0.05) is 6.92 Å². The van der Waals surface area contributed by atoms with E-state index in [-0.39, 0.29) is 30.1 Å². The van der Waals surface area contributed by atoms with Gasteiger partial charge in [0.2, 0.25) is 5.91 Å². The molecule has 0 unspecified atom stereocenters. The van der Waals surface area contributed by atoms with Crippen LogP contribution in [-0.4, -0.2) is 33.8 Å². The fraction of sp³-hybridized carbons (Fsp3) is 0.529. The molecule has 1 aliphatic heterocycles. The molecule has 3 atom stereocenters. The summed E-state index contributed by atoms with van der Waals surface area (Å²) in [4.78, 5) is 27.9. The molecule has 114 valence electrons. The van der Waals surface area contributed by atoms with E-state index in [0.29, 0.717) is 0 Å². The number of rotatable bonds is 4. The van der Waals surface area contributed by atoms with Gasteiger partial charge in [-0.1, -0.05) is 44.2 Å². The van der Waals surface area contributed by atoms with Gasteiger partial charge in [0.15, 0.2) is 0 Å². The predicted molar refractivity (Wildman–Crippen MR) is 82.8 cm³/mol. The average Bonchev–Trinajstić information content (AvgIpc) is 2.79. The van der Waals surface area contributed by atoms with Crippen LogP contribution in [0.1, 0.15) is 52.1 Å². The lowest BCUT2D eigenvalue weighted by Crippen LogP contribution is -2.39. The highest BCUT2D eigenvalue weighted by Gasteiger charge is 2.47. The topological polar surface area (TPSA) is 40.6 Å². The predicted octanol–water partition coefficient (Wildman–Crippen LogP) is 3.59. The first-order chi connectivity index (χ1) is 10.0. The van der Waals surface area contributed by atoms with Crippen molar-refractivity contribution in [1.82, 2.24) is 9.80 Å². The van der Waals surface area contributed by atoms with Crippen molar-refractivity contribution in [3.63, 3.8) is 0 Å². The zero-order chi connectivity index (χ0) is 15.6. The first kappa shape index (κ1) is 15.5. The van der Waals surface area contributed by atoms with Gasteiger partial charge in [-0.05, 0) is 25.3 Å². The number of nitrogens with zero attached hydrogens (tertiary/aromatic N) is 2. The highest BCUT2D eigenvalue weighted by molar-refractivity contribution is 5.95. The normalized spacial score (nSPS) is 23.5. The van der Waals surface area contributed by atoms with Crippen molar-refractivity contribution < 1.29 is 9.59 Å². The van der Waals surface area contributed by atoms with E-state index in [1.807, 2.05) is 49.1 Å². The third-order valence-electron chi connectivity index (χ3n) is 4.44. The van der Waals surface area contributed by atoms with Crippen LogP contribution in [0.3, 0.4) is 0 Å². The number of carbonyl (C=O) groups excluding carboxylic acids is 2. The molecule has 1 aliphatic rings. The maximum absolute atomic E-state index is 12.7. The first-order valence-corrected chi connectivity index (χ1v) is 7.69. The van der Waals surface area contributed by atoms with Crippen molar-refractivity contribution in [3.05, 3.63) is 35.9 Å². The lowest BCUT2D eigenvalue weighted by molar-refractivity contribution is -0.127. The van der Waals surface area contributed by atoms with Crippen LogP contribution in [0.4, 0.5) is 4.79 Å². The van der Waals surface area contributed by atoms with Crippen LogP contribution < -0.4 is 0 Å². The monoisotopic (exact) mass is 288 g/mol. The van der Waals surface area contributed by atoms with E-state index in [9.17, 15) is 9.59 Å². The van der Waals surface area contributed by atoms with E-state index >= 15 is 0 Å². The quantitative estimate of drug-likeness (QED) is 0.849. The van der Waals surface area contributed by atoms with Gasteiger partial charge in [-0.25, -0.2) is 4.79 Å². The minimum absolute atomic E-state index is 0.0221. The van der Waals surface area contributed by atoms with Gasteiger partial charge in [0.05, 0.1) is 18.1 Å². The zero-order valence-corrected chi connectivity index (χ0v) is 13.2. The Labute approximate surface area is 126 Å². The summed E-state index contributed by atoms with van der Waals surface area (Å²) in [7, 11) is 0. The van der Waals surface area contributed by atoms with Crippen molar-refractivity contribution in [1.29, 1.82) is 0 Å². The lowest BCUT2D eigenvalue weighted by atomic mass is 9.99. The molecule has 1 aromatic carbocycles. The maximum atomic E-state index is 12.7. The van der Waals surface area contributed by atoms with Gasteiger partial charge >= 0.3 is 6.03 Å². The van der Waals surface area contributed by atoms with E-state index in [4.69, 9.17) is 0 Å².